The molecule has 20 heavy (non-hydrogen) atoms. The second-order valence-corrected chi connectivity index (χ2v) is 6.68. The fourth-order valence-corrected chi connectivity index (χ4v) is 3.51. The molecule has 0 aliphatic heterocycles. The lowest BCUT2D eigenvalue weighted by atomic mass is 9.96. The average molecular weight is 278 g/mol. The molecule has 1 aromatic rings. The van der Waals surface area contributed by atoms with E-state index >= 15 is 0 Å². The van der Waals surface area contributed by atoms with E-state index in [0.29, 0.717) is 5.92 Å². The predicted octanol–water partition coefficient (Wildman–Crippen LogP) is 2.89. The van der Waals surface area contributed by atoms with Gasteiger partial charge in [-0.1, -0.05) is 33.8 Å². The zero-order valence-corrected chi connectivity index (χ0v) is 13.3. The molecular formula is C16H26N2O2. The van der Waals surface area contributed by atoms with Crippen molar-refractivity contribution >= 4 is 0 Å². The lowest BCUT2D eigenvalue weighted by Crippen LogP contribution is -2.31. The smallest absolute Gasteiger partial charge is 0.161 e. The van der Waals surface area contributed by atoms with Gasteiger partial charge in [0.15, 0.2) is 11.5 Å². The maximum absolute atomic E-state index is 5.83. The van der Waals surface area contributed by atoms with E-state index in [1.165, 1.54) is 0 Å². The standard InChI is InChI=1S/C16H26N2O2/c1-15(2)14(16(15,3)4)13(18-17)10-7-8-11(19-5)12(9-10)20-6/h7-9,13-14,18H,17H2,1-6H3. The normalized spacial score (nSPS) is 21.4. The number of ether oxygens (including phenoxy) is 2. The Balaban J connectivity index is 2.35. The maximum atomic E-state index is 5.83. The molecule has 1 unspecified atom stereocenters. The Hall–Kier alpha value is -1.26. The molecule has 1 atom stereocenters. The van der Waals surface area contributed by atoms with Crippen molar-refractivity contribution in [1.29, 1.82) is 0 Å². The molecule has 1 aromatic carbocycles. The first-order valence-corrected chi connectivity index (χ1v) is 6.99. The van der Waals surface area contributed by atoms with Crippen LogP contribution >= 0.6 is 0 Å². The van der Waals surface area contributed by atoms with Gasteiger partial charge in [-0.2, -0.15) is 0 Å². The lowest BCUT2D eigenvalue weighted by molar-refractivity contribution is 0.352. The van der Waals surface area contributed by atoms with Gasteiger partial charge >= 0.3 is 0 Å². The summed E-state index contributed by atoms with van der Waals surface area (Å²) in [6, 6.07) is 6.10. The lowest BCUT2D eigenvalue weighted by Gasteiger charge is -2.20. The summed E-state index contributed by atoms with van der Waals surface area (Å²) in [6.07, 6.45) is 0. The number of hydrazine groups is 1. The Morgan fingerprint density at radius 3 is 2.00 bits per heavy atom. The number of nitrogens with two attached hydrogens (primary N) is 1. The van der Waals surface area contributed by atoms with Crippen molar-refractivity contribution in [2.24, 2.45) is 22.6 Å². The molecule has 1 aliphatic carbocycles. The number of methoxy groups -OCH3 is 2. The van der Waals surface area contributed by atoms with Crippen molar-refractivity contribution in [3.8, 4) is 11.5 Å². The summed E-state index contributed by atoms with van der Waals surface area (Å²) >= 11 is 0. The molecule has 0 spiro atoms. The Bertz CT molecular complexity index is 483. The van der Waals surface area contributed by atoms with Gasteiger partial charge in [0.05, 0.1) is 14.2 Å². The second-order valence-electron chi connectivity index (χ2n) is 6.68. The molecule has 0 bridgehead atoms. The van der Waals surface area contributed by atoms with Crippen LogP contribution < -0.4 is 20.7 Å². The van der Waals surface area contributed by atoms with E-state index in [9.17, 15) is 0 Å². The highest BCUT2D eigenvalue weighted by atomic mass is 16.5. The third-order valence-corrected chi connectivity index (χ3v) is 5.41. The Kier molecular flexibility index (Phi) is 3.73. The first-order valence-electron chi connectivity index (χ1n) is 6.99. The maximum Gasteiger partial charge on any atom is 0.161 e. The van der Waals surface area contributed by atoms with Gasteiger partial charge in [-0.25, -0.2) is 0 Å². The summed E-state index contributed by atoms with van der Waals surface area (Å²) in [7, 11) is 3.29. The van der Waals surface area contributed by atoms with Crippen LogP contribution in [0.2, 0.25) is 0 Å². The van der Waals surface area contributed by atoms with E-state index in [4.69, 9.17) is 15.3 Å². The van der Waals surface area contributed by atoms with Gasteiger partial charge in [0.1, 0.15) is 0 Å². The molecule has 1 fully saturated rings. The third kappa shape index (κ3) is 2.07. The summed E-state index contributed by atoms with van der Waals surface area (Å²) < 4.78 is 10.7. The average Bonchev–Trinajstić information content (AvgIpc) is 2.82. The van der Waals surface area contributed by atoms with Gasteiger partial charge in [-0.15, -0.1) is 0 Å². The summed E-state index contributed by atoms with van der Waals surface area (Å²) in [6.45, 7) is 9.18. The molecule has 112 valence electrons. The molecule has 0 saturated heterocycles. The minimum absolute atomic E-state index is 0.111. The zero-order chi connectivity index (χ0) is 15.1. The SMILES string of the molecule is COc1ccc(C(NN)C2C(C)(C)C2(C)C)cc1OC. The summed E-state index contributed by atoms with van der Waals surface area (Å²) in [5, 5.41) is 0. The van der Waals surface area contributed by atoms with Crippen LogP contribution in [-0.2, 0) is 0 Å². The van der Waals surface area contributed by atoms with Crippen LogP contribution in [0.1, 0.15) is 39.3 Å². The number of hydrogen-bond donors (Lipinski definition) is 2. The third-order valence-electron chi connectivity index (χ3n) is 5.41. The Morgan fingerprint density at radius 2 is 1.60 bits per heavy atom. The van der Waals surface area contributed by atoms with Crippen LogP contribution in [0.4, 0.5) is 0 Å². The molecule has 4 nitrogen and oxygen atoms in total. The molecule has 1 aliphatic rings. The van der Waals surface area contributed by atoms with Gasteiger partial charge in [0.2, 0.25) is 0 Å². The predicted molar refractivity (Wildman–Crippen MR) is 80.7 cm³/mol. The van der Waals surface area contributed by atoms with Gasteiger partial charge in [-0.3, -0.25) is 11.3 Å². The van der Waals surface area contributed by atoms with Gasteiger partial charge in [-0.05, 0) is 34.4 Å². The molecule has 1 saturated carbocycles. The van der Waals surface area contributed by atoms with Crippen LogP contribution in [0, 0.1) is 16.7 Å². The summed E-state index contributed by atoms with van der Waals surface area (Å²) in [5.41, 5.74) is 4.64. The van der Waals surface area contributed by atoms with Crippen LogP contribution in [0.3, 0.4) is 0 Å². The largest absolute Gasteiger partial charge is 0.493 e. The quantitative estimate of drug-likeness (QED) is 0.642. The van der Waals surface area contributed by atoms with E-state index in [1.807, 2.05) is 12.1 Å². The summed E-state index contributed by atoms with van der Waals surface area (Å²) in [5.74, 6) is 7.79. The fourth-order valence-electron chi connectivity index (χ4n) is 3.51. The second kappa shape index (κ2) is 4.93. The molecule has 4 heteroatoms. The minimum Gasteiger partial charge on any atom is -0.493 e. The van der Waals surface area contributed by atoms with E-state index in [-0.39, 0.29) is 16.9 Å². The van der Waals surface area contributed by atoms with Gasteiger partial charge in [0, 0.05) is 6.04 Å². The fraction of sp³-hybridized carbons (Fsp3) is 0.625. The van der Waals surface area contributed by atoms with Gasteiger partial charge < -0.3 is 9.47 Å². The van der Waals surface area contributed by atoms with Crippen LogP contribution in [0.5, 0.6) is 11.5 Å². The number of nitrogens with one attached hydrogen (secondary N) is 1. The molecule has 2 rings (SSSR count). The summed E-state index contributed by atoms with van der Waals surface area (Å²) in [4.78, 5) is 0. The van der Waals surface area contributed by atoms with E-state index in [2.05, 4.69) is 39.2 Å². The molecule has 0 amide bonds. The monoisotopic (exact) mass is 278 g/mol. The van der Waals surface area contributed by atoms with Crippen LogP contribution in [-0.4, -0.2) is 14.2 Å². The Morgan fingerprint density at radius 1 is 1.05 bits per heavy atom. The van der Waals surface area contributed by atoms with E-state index < -0.39 is 0 Å². The first kappa shape index (κ1) is 15.1. The highest BCUT2D eigenvalue weighted by Crippen LogP contribution is 2.72. The van der Waals surface area contributed by atoms with Crippen molar-refractivity contribution in [2.45, 2.75) is 33.7 Å². The van der Waals surface area contributed by atoms with Crippen molar-refractivity contribution in [3.05, 3.63) is 23.8 Å². The van der Waals surface area contributed by atoms with Crippen molar-refractivity contribution in [3.63, 3.8) is 0 Å². The van der Waals surface area contributed by atoms with Crippen LogP contribution in [0.25, 0.3) is 0 Å². The van der Waals surface area contributed by atoms with Gasteiger partial charge in [0.25, 0.3) is 0 Å². The molecule has 0 aromatic heterocycles. The topological polar surface area (TPSA) is 56.5 Å². The highest BCUT2D eigenvalue weighted by Gasteiger charge is 2.67. The number of benzene rings is 1. The number of hydrogen-bond acceptors (Lipinski definition) is 4. The highest BCUT2D eigenvalue weighted by molar-refractivity contribution is 5.44. The molecule has 3 N–H and O–H groups in total. The Labute approximate surface area is 121 Å². The van der Waals surface area contributed by atoms with E-state index in [0.717, 1.165) is 17.1 Å². The van der Waals surface area contributed by atoms with E-state index in [1.54, 1.807) is 14.2 Å². The molecule has 0 heterocycles. The molecular weight excluding hydrogens is 252 g/mol. The van der Waals surface area contributed by atoms with Crippen LogP contribution in [0.15, 0.2) is 18.2 Å². The van der Waals surface area contributed by atoms with Crippen molar-refractivity contribution in [2.75, 3.05) is 14.2 Å². The zero-order valence-electron chi connectivity index (χ0n) is 13.3. The minimum atomic E-state index is 0.111. The van der Waals surface area contributed by atoms with Crippen molar-refractivity contribution in [1.82, 2.24) is 5.43 Å². The van der Waals surface area contributed by atoms with Crippen molar-refractivity contribution < 1.29 is 9.47 Å². The first-order chi connectivity index (χ1) is 9.31. The number of rotatable bonds is 5. The molecule has 0 radical (unpaired) electrons.